The van der Waals surface area contributed by atoms with Crippen molar-refractivity contribution in [3.63, 3.8) is 0 Å². The van der Waals surface area contributed by atoms with Crippen LogP contribution in [0, 0.1) is 13.8 Å². The summed E-state index contributed by atoms with van der Waals surface area (Å²) >= 11 is 0. The van der Waals surface area contributed by atoms with E-state index in [2.05, 4.69) is 4.98 Å². The molecule has 0 saturated carbocycles. The van der Waals surface area contributed by atoms with Crippen LogP contribution in [0.2, 0.25) is 0 Å². The van der Waals surface area contributed by atoms with Crippen LogP contribution in [0.5, 0.6) is 0 Å². The Labute approximate surface area is 89.6 Å². The Hall–Kier alpha value is -1.32. The maximum atomic E-state index is 11.7. The molecule has 15 heavy (non-hydrogen) atoms. The molecular formula is C11H17NO3. The Balaban J connectivity index is 2.99. The van der Waals surface area contributed by atoms with Crippen LogP contribution in [0.4, 0.5) is 0 Å². The van der Waals surface area contributed by atoms with Gasteiger partial charge in [0.25, 0.3) is 0 Å². The number of hydrogen-bond donors (Lipinski definition) is 0. The van der Waals surface area contributed by atoms with Crippen LogP contribution < -0.4 is 0 Å². The van der Waals surface area contributed by atoms with Gasteiger partial charge in [0.15, 0.2) is 0 Å². The molecule has 0 fully saturated rings. The SMILES string of the molecule is CCOC(=O)C(C)(C)c1nc(C)c(C)o1. The lowest BCUT2D eigenvalue weighted by Crippen LogP contribution is -2.31. The number of nitrogens with zero attached hydrogens (tertiary/aromatic N) is 1. The van der Waals surface area contributed by atoms with Crippen molar-refractivity contribution in [1.82, 2.24) is 4.98 Å². The third kappa shape index (κ3) is 2.19. The standard InChI is InChI=1S/C11H17NO3/c1-6-14-10(13)11(4,5)9-12-7(2)8(3)15-9/h6H2,1-5H3. The van der Waals surface area contributed by atoms with Crippen LogP contribution in [0.3, 0.4) is 0 Å². The summed E-state index contributed by atoms with van der Waals surface area (Å²) in [6.07, 6.45) is 0. The topological polar surface area (TPSA) is 52.3 Å². The predicted octanol–water partition coefficient (Wildman–Crippen LogP) is 2.13. The van der Waals surface area contributed by atoms with Gasteiger partial charge in [-0.2, -0.15) is 0 Å². The lowest BCUT2D eigenvalue weighted by molar-refractivity contribution is -0.149. The summed E-state index contributed by atoms with van der Waals surface area (Å²) in [4.78, 5) is 15.9. The first kappa shape index (κ1) is 11.8. The smallest absolute Gasteiger partial charge is 0.320 e. The second kappa shape index (κ2) is 4.04. The highest BCUT2D eigenvalue weighted by Gasteiger charge is 2.36. The second-order valence-electron chi connectivity index (χ2n) is 4.01. The number of esters is 1. The molecule has 0 aliphatic carbocycles. The molecule has 0 amide bonds. The van der Waals surface area contributed by atoms with Gasteiger partial charge in [-0.15, -0.1) is 0 Å². The van der Waals surface area contributed by atoms with E-state index in [0.717, 1.165) is 11.5 Å². The summed E-state index contributed by atoms with van der Waals surface area (Å²) in [5.74, 6) is 0.838. The van der Waals surface area contributed by atoms with Gasteiger partial charge in [-0.1, -0.05) is 0 Å². The molecule has 0 bridgehead atoms. The van der Waals surface area contributed by atoms with Crippen molar-refractivity contribution in [1.29, 1.82) is 0 Å². The molecule has 0 N–H and O–H groups in total. The molecule has 0 radical (unpaired) electrons. The molecule has 0 atom stereocenters. The Morgan fingerprint density at radius 2 is 2.07 bits per heavy atom. The van der Waals surface area contributed by atoms with Crippen molar-refractivity contribution < 1.29 is 13.9 Å². The normalized spacial score (nSPS) is 11.5. The zero-order chi connectivity index (χ0) is 11.6. The minimum absolute atomic E-state index is 0.314. The maximum Gasteiger partial charge on any atom is 0.320 e. The predicted molar refractivity (Wildman–Crippen MR) is 55.6 cm³/mol. The van der Waals surface area contributed by atoms with Gasteiger partial charge in [0.2, 0.25) is 5.89 Å². The van der Waals surface area contributed by atoms with E-state index in [9.17, 15) is 4.79 Å². The van der Waals surface area contributed by atoms with Crippen molar-refractivity contribution in [2.24, 2.45) is 0 Å². The number of carbonyl (C=O) groups is 1. The molecule has 4 nitrogen and oxygen atoms in total. The Morgan fingerprint density at radius 1 is 1.47 bits per heavy atom. The van der Waals surface area contributed by atoms with Crippen LogP contribution in [0.15, 0.2) is 4.42 Å². The fourth-order valence-electron chi connectivity index (χ4n) is 1.14. The van der Waals surface area contributed by atoms with Gasteiger partial charge in [0, 0.05) is 0 Å². The minimum Gasteiger partial charge on any atom is -0.465 e. The Kier molecular flexibility index (Phi) is 3.17. The van der Waals surface area contributed by atoms with Crippen LogP contribution in [0.25, 0.3) is 0 Å². The lowest BCUT2D eigenvalue weighted by atomic mass is 9.94. The molecule has 0 aliphatic heterocycles. The van der Waals surface area contributed by atoms with E-state index in [0.29, 0.717) is 12.5 Å². The first-order valence-corrected chi connectivity index (χ1v) is 5.01. The monoisotopic (exact) mass is 211 g/mol. The van der Waals surface area contributed by atoms with Crippen molar-refractivity contribution in [2.75, 3.05) is 6.61 Å². The van der Waals surface area contributed by atoms with E-state index in [4.69, 9.17) is 9.15 Å². The average molecular weight is 211 g/mol. The van der Waals surface area contributed by atoms with Gasteiger partial charge in [0.05, 0.1) is 12.3 Å². The Morgan fingerprint density at radius 3 is 2.47 bits per heavy atom. The van der Waals surface area contributed by atoms with Crippen molar-refractivity contribution in [3.8, 4) is 0 Å². The summed E-state index contributed by atoms with van der Waals surface area (Å²) in [7, 11) is 0. The third-order valence-electron chi connectivity index (χ3n) is 2.35. The van der Waals surface area contributed by atoms with Crippen molar-refractivity contribution in [3.05, 3.63) is 17.3 Å². The van der Waals surface area contributed by atoms with Gasteiger partial charge in [0.1, 0.15) is 11.2 Å². The largest absolute Gasteiger partial charge is 0.465 e. The lowest BCUT2D eigenvalue weighted by Gasteiger charge is -2.17. The second-order valence-corrected chi connectivity index (χ2v) is 4.01. The van der Waals surface area contributed by atoms with Crippen LogP contribution >= 0.6 is 0 Å². The summed E-state index contributed by atoms with van der Waals surface area (Å²) in [5, 5.41) is 0. The van der Waals surface area contributed by atoms with Gasteiger partial charge in [-0.25, -0.2) is 4.98 Å². The zero-order valence-electron chi connectivity index (χ0n) is 9.88. The van der Waals surface area contributed by atoms with E-state index >= 15 is 0 Å². The highest BCUT2D eigenvalue weighted by molar-refractivity contribution is 5.80. The van der Waals surface area contributed by atoms with E-state index in [1.807, 2.05) is 13.8 Å². The molecule has 1 aromatic heterocycles. The van der Waals surface area contributed by atoms with Crippen LogP contribution in [-0.2, 0) is 14.9 Å². The molecule has 0 aliphatic rings. The summed E-state index contributed by atoms with van der Waals surface area (Å²) in [6.45, 7) is 9.31. The van der Waals surface area contributed by atoms with Gasteiger partial charge in [-0.05, 0) is 34.6 Å². The molecule has 0 spiro atoms. The molecule has 1 heterocycles. The van der Waals surface area contributed by atoms with E-state index < -0.39 is 5.41 Å². The molecule has 0 saturated heterocycles. The fraction of sp³-hybridized carbons (Fsp3) is 0.636. The molecule has 0 aromatic carbocycles. The number of oxazole rings is 1. The van der Waals surface area contributed by atoms with E-state index in [1.54, 1.807) is 20.8 Å². The van der Waals surface area contributed by atoms with Crippen LogP contribution in [0.1, 0.15) is 38.1 Å². The number of aromatic nitrogens is 1. The Bertz CT molecular complexity index is 346. The quantitative estimate of drug-likeness (QED) is 0.719. The van der Waals surface area contributed by atoms with Gasteiger partial charge >= 0.3 is 5.97 Å². The number of carbonyl (C=O) groups excluding carboxylic acids is 1. The molecule has 0 unspecified atom stereocenters. The first-order chi connectivity index (χ1) is 6.89. The molecule has 1 rings (SSSR count). The first-order valence-electron chi connectivity index (χ1n) is 5.01. The fourth-order valence-corrected chi connectivity index (χ4v) is 1.14. The van der Waals surface area contributed by atoms with E-state index in [1.165, 1.54) is 0 Å². The van der Waals surface area contributed by atoms with Gasteiger partial charge in [-0.3, -0.25) is 4.79 Å². The van der Waals surface area contributed by atoms with Crippen LogP contribution in [-0.4, -0.2) is 17.6 Å². The van der Waals surface area contributed by atoms with Crippen molar-refractivity contribution in [2.45, 2.75) is 40.0 Å². The third-order valence-corrected chi connectivity index (χ3v) is 2.35. The highest BCUT2D eigenvalue weighted by atomic mass is 16.5. The minimum atomic E-state index is -0.824. The maximum absolute atomic E-state index is 11.7. The average Bonchev–Trinajstić information content (AvgIpc) is 2.48. The summed E-state index contributed by atoms with van der Waals surface area (Å²) < 4.78 is 10.4. The summed E-state index contributed by atoms with van der Waals surface area (Å²) in [6, 6.07) is 0. The van der Waals surface area contributed by atoms with Gasteiger partial charge < -0.3 is 9.15 Å². The summed E-state index contributed by atoms with van der Waals surface area (Å²) in [5.41, 5.74) is -0.0166. The number of hydrogen-bond acceptors (Lipinski definition) is 4. The molecule has 1 aromatic rings. The molecular weight excluding hydrogens is 194 g/mol. The van der Waals surface area contributed by atoms with Crippen molar-refractivity contribution >= 4 is 5.97 Å². The highest BCUT2D eigenvalue weighted by Crippen LogP contribution is 2.25. The molecule has 84 valence electrons. The van der Waals surface area contributed by atoms with E-state index in [-0.39, 0.29) is 5.97 Å². The number of ether oxygens (including phenoxy) is 1. The number of aryl methyl sites for hydroxylation is 2. The number of rotatable bonds is 3. The molecule has 4 heteroatoms. The zero-order valence-corrected chi connectivity index (χ0v) is 9.88.